The standard InChI is InChI=1S/C10H13NO4/c1-15-10(14)7(11)4-6-2-3-8(12)9(13)5-6/h2-3,5,7,12-13H,4,11H2,1H3/i1D3,4D,7D. The van der Waals surface area contributed by atoms with Gasteiger partial charge in [0.25, 0.3) is 0 Å². The van der Waals surface area contributed by atoms with Crippen molar-refractivity contribution < 1.29 is 26.6 Å². The minimum Gasteiger partial charge on any atom is -0.504 e. The van der Waals surface area contributed by atoms with Crippen molar-refractivity contribution >= 4 is 5.97 Å². The van der Waals surface area contributed by atoms with Gasteiger partial charge in [0.2, 0.25) is 0 Å². The van der Waals surface area contributed by atoms with Crippen LogP contribution in [0.5, 0.6) is 11.5 Å². The Labute approximate surface area is 94.1 Å². The van der Waals surface area contributed by atoms with Crippen LogP contribution in [0.15, 0.2) is 18.2 Å². The van der Waals surface area contributed by atoms with Crippen LogP contribution in [0.2, 0.25) is 0 Å². The molecule has 1 aromatic carbocycles. The van der Waals surface area contributed by atoms with Crippen LogP contribution in [0.25, 0.3) is 0 Å². The lowest BCUT2D eigenvalue weighted by Crippen LogP contribution is -2.33. The number of phenols is 2. The van der Waals surface area contributed by atoms with Crippen molar-refractivity contribution in [1.82, 2.24) is 0 Å². The summed E-state index contributed by atoms with van der Waals surface area (Å²) in [4.78, 5) is 11.5. The molecule has 0 bridgehead atoms. The summed E-state index contributed by atoms with van der Waals surface area (Å²) in [6.45, 7) is 0. The van der Waals surface area contributed by atoms with Crippen molar-refractivity contribution in [1.29, 1.82) is 0 Å². The van der Waals surface area contributed by atoms with Gasteiger partial charge in [0.1, 0.15) is 6.02 Å². The first-order chi connectivity index (χ1) is 8.95. The molecule has 0 aliphatic heterocycles. The summed E-state index contributed by atoms with van der Waals surface area (Å²) in [6, 6.07) is 0.493. The smallest absolute Gasteiger partial charge is 0.322 e. The summed E-state index contributed by atoms with van der Waals surface area (Å²) in [5.74, 6) is -2.59. The molecule has 0 spiro atoms. The molecule has 5 nitrogen and oxygen atoms in total. The minimum atomic E-state index is -3.07. The lowest BCUT2D eigenvalue weighted by atomic mass is 10.1. The fourth-order valence-electron chi connectivity index (χ4n) is 0.928. The highest BCUT2D eigenvalue weighted by Gasteiger charge is 2.14. The van der Waals surface area contributed by atoms with Crippen LogP contribution in [0.4, 0.5) is 0 Å². The molecule has 0 amide bonds. The van der Waals surface area contributed by atoms with Gasteiger partial charge in [0.05, 0.1) is 12.5 Å². The number of rotatable bonds is 3. The monoisotopic (exact) mass is 216 g/mol. The first-order valence-electron chi connectivity index (χ1n) is 6.49. The Morgan fingerprint density at radius 3 is 3.07 bits per heavy atom. The molecule has 2 atom stereocenters. The summed E-state index contributed by atoms with van der Waals surface area (Å²) < 4.78 is 39.7. The molecule has 5 heteroatoms. The zero-order valence-electron chi connectivity index (χ0n) is 12.6. The van der Waals surface area contributed by atoms with Crippen molar-refractivity contribution in [3.8, 4) is 11.5 Å². The Bertz CT molecular complexity index is 517. The van der Waals surface area contributed by atoms with Crippen LogP contribution in [0.3, 0.4) is 0 Å². The van der Waals surface area contributed by atoms with Crippen LogP contribution in [-0.2, 0) is 15.9 Å². The fourth-order valence-corrected chi connectivity index (χ4v) is 0.928. The molecule has 0 aliphatic rings. The maximum absolute atomic E-state index is 11.5. The Kier molecular flexibility index (Phi) is 1.85. The maximum Gasteiger partial charge on any atom is 0.322 e. The van der Waals surface area contributed by atoms with E-state index in [-0.39, 0.29) is 5.56 Å². The number of phenolic OH excluding ortho intramolecular Hbond substituents is 2. The van der Waals surface area contributed by atoms with Gasteiger partial charge in [-0.25, -0.2) is 0 Å². The van der Waals surface area contributed by atoms with E-state index in [0.29, 0.717) is 0 Å². The Balaban J connectivity index is 3.01. The summed E-state index contributed by atoms with van der Waals surface area (Å²) in [7, 11) is -3.07. The van der Waals surface area contributed by atoms with Crippen LogP contribution in [-0.4, -0.2) is 29.2 Å². The molecule has 0 aromatic heterocycles. The van der Waals surface area contributed by atoms with E-state index in [4.69, 9.17) is 17.7 Å². The second-order valence-electron chi connectivity index (χ2n) is 2.74. The molecule has 1 rings (SSSR count). The van der Waals surface area contributed by atoms with E-state index in [0.717, 1.165) is 12.1 Å². The topological polar surface area (TPSA) is 92.8 Å². The van der Waals surface area contributed by atoms with Gasteiger partial charge in [-0.05, 0) is 24.1 Å². The quantitative estimate of drug-likeness (QED) is 0.493. The average Bonchev–Trinajstić information content (AvgIpc) is 2.29. The minimum absolute atomic E-state index is 0.0553. The fraction of sp³-hybridized carbons (Fsp3) is 0.300. The molecule has 1 aromatic rings. The number of nitrogens with two attached hydrogens (primary N) is 1. The summed E-state index contributed by atoms with van der Waals surface area (Å²) in [6.07, 6.45) is -1.72. The number of benzene rings is 1. The number of ether oxygens (including phenoxy) is 1. The Morgan fingerprint density at radius 2 is 2.47 bits per heavy atom. The number of carbonyl (C=O) groups is 1. The summed E-state index contributed by atoms with van der Waals surface area (Å²) in [5, 5.41) is 18.4. The molecular formula is C10H13NO4. The highest BCUT2D eigenvalue weighted by Crippen LogP contribution is 2.25. The molecule has 0 saturated heterocycles. The van der Waals surface area contributed by atoms with Gasteiger partial charge in [-0.2, -0.15) is 0 Å². The van der Waals surface area contributed by atoms with E-state index in [2.05, 4.69) is 4.74 Å². The van der Waals surface area contributed by atoms with Gasteiger partial charge in [-0.1, -0.05) is 6.07 Å². The van der Waals surface area contributed by atoms with Crippen LogP contribution >= 0.6 is 0 Å². The Hall–Kier alpha value is -1.75. The average molecular weight is 216 g/mol. The van der Waals surface area contributed by atoms with Gasteiger partial charge < -0.3 is 20.7 Å². The number of hydrogen-bond acceptors (Lipinski definition) is 5. The predicted octanol–water partition coefficient (Wildman–Crippen LogP) is 0.141. The van der Waals surface area contributed by atoms with Crippen molar-refractivity contribution in [2.75, 3.05) is 7.04 Å². The van der Waals surface area contributed by atoms with E-state index < -0.39 is 36.9 Å². The predicted molar refractivity (Wildman–Crippen MR) is 53.5 cm³/mol. The van der Waals surface area contributed by atoms with Gasteiger partial charge in [-0.15, -0.1) is 0 Å². The molecule has 0 radical (unpaired) electrons. The maximum atomic E-state index is 11.5. The number of esters is 1. The first kappa shape index (κ1) is 5.97. The molecule has 2 unspecified atom stereocenters. The molecule has 0 heterocycles. The summed E-state index contributed by atoms with van der Waals surface area (Å²) in [5.41, 5.74) is 5.29. The Morgan fingerprint density at radius 1 is 1.73 bits per heavy atom. The molecule has 0 fully saturated rings. The largest absolute Gasteiger partial charge is 0.504 e. The van der Waals surface area contributed by atoms with Crippen LogP contribution < -0.4 is 5.73 Å². The van der Waals surface area contributed by atoms with E-state index in [1.807, 2.05) is 0 Å². The second-order valence-corrected chi connectivity index (χ2v) is 2.74. The normalized spacial score (nSPS) is 22.1. The van der Waals surface area contributed by atoms with Gasteiger partial charge >= 0.3 is 5.97 Å². The lowest BCUT2D eigenvalue weighted by Gasteiger charge is -2.09. The third-order valence-electron chi connectivity index (χ3n) is 1.65. The highest BCUT2D eigenvalue weighted by molar-refractivity contribution is 5.75. The summed E-state index contributed by atoms with van der Waals surface area (Å²) >= 11 is 0. The number of aromatic hydroxyl groups is 2. The zero-order valence-corrected chi connectivity index (χ0v) is 7.60. The number of carbonyl (C=O) groups excluding carboxylic acids is 1. The van der Waals surface area contributed by atoms with Crippen molar-refractivity contribution in [2.45, 2.75) is 12.4 Å². The van der Waals surface area contributed by atoms with Gasteiger partial charge in [0.15, 0.2) is 11.5 Å². The molecule has 82 valence electrons. The third kappa shape index (κ3) is 2.85. The van der Waals surface area contributed by atoms with Crippen LogP contribution in [0, 0.1) is 0 Å². The lowest BCUT2D eigenvalue weighted by molar-refractivity contribution is -0.142. The SMILES string of the molecule is [2H]C(c1ccc(O)c(O)c1)C([2H])(N)C(=O)OC([2H])([2H])[2H]. The zero-order chi connectivity index (χ0) is 15.7. The van der Waals surface area contributed by atoms with E-state index in [1.54, 1.807) is 0 Å². The van der Waals surface area contributed by atoms with E-state index in [1.165, 1.54) is 6.07 Å². The molecule has 0 aliphatic carbocycles. The van der Waals surface area contributed by atoms with Crippen molar-refractivity contribution in [3.05, 3.63) is 23.8 Å². The highest BCUT2D eigenvalue weighted by atomic mass is 16.5. The second kappa shape index (κ2) is 4.65. The first-order valence-corrected chi connectivity index (χ1v) is 3.91. The molecule has 15 heavy (non-hydrogen) atoms. The molecule has 0 saturated carbocycles. The van der Waals surface area contributed by atoms with Crippen LogP contribution in [0.1, 0.15) is 12.4 Å². The van der Waals surface area contributed by atoms with Crippen molar-refractivity contribution in [2.24, 2.45) is 5.73 Å². The van der Waals surface area contributed by atoms with Gasteiger partial charge in [0, 0.05) is 1.37 Å². The van der Waals surface area contributed by atoms with E-state index >= 15 is 0 Å². The number of hydrogen-bond donors (Lipinski definition) is 3. The van der Waals surface area contributed by atoms with Gasteiger partial charge in [-0.3, -0.25) is 4.79 Å². The van der Waals surface area contributed by atoms with E-state index in [9.17, 15) is 9.90 Å². The third-order valence-corrected chi connectivity index (χ3v) is 1.65. The van der Waals surface area contributed by atoms with Crippen molar-refractivity contribution in [3.63, 3.8) is 0 Å². The molecular weight excluding hydrogens is 198 g/mol. The molecule has 4 N–H and O–H groups in total. The number of methoxy groups -OCH3 is 1.